The lowest BCUT2D eigenvalue weighted by Gasteiger charge is -2.23. The monoisotopic (exact) mass is 317 g/mol. The molecular weight excluding hydrogens is 290 g/mol. The number of hydrogen-bond donors (Lipinski definition) is 0. The van der Waals surface area contributed by atoms with Gasteiger partial charge in [0, 0.05) is 31.6 Å². The molecule has 1 aliphatic rings. The van der Waals surface area contributed by atoms with Gasteiger partial charge in [0.2, 0.25) is 0 Å². The van der Waals surface area contributed by atoms with E-state index in [-0.39, 0.29) is 10.6 Å². The molecule has 0 atom stereocenters. The summed E-state index contributed by atoms with van der Waals surface area (Å²) < 4.78 is 0. The molecule has 1 aromatic carbocycles. The topological polar surface area (TPSA) is 58.7 Å². The summed E-state index contributed by atoms with van der Waals surface area (Å²) in [6.45, 7) is 12.2. The van der Waals surface area contributed by atoms with Gasteiger partial charge in [-0.25, -0.2) is 4.99 Å². The molecule has 0 spiro atoms. The molecule has 1 aliphatic heterocycles. The number of hydrogen-bond acceptors (Lipinski definition) is 3. The van der Waals surface area contributed by atoms with Gasteiger partial charge in [-0.15, -0.1) is 13.2 Å². The molecule has 0 radical (unpaired) electrons. The minimum absolute atomic E-state index is 0.128. The minimum Gasteiger partial charge on any atom is -0.360 e. The van der Waals surface area contributed by atoms with E-state index in [9.17, 15) is 10.1 Å². The third-order valence-corrected chi connectivity index (χ3v) is 3.83. The smallest absolute Gasteiger partial charge is 0.269 e. The predicted octanol–water partition coefficient (Wildman–Crippen LogP) is 5.02. The molecule has 1 heterocycles. The number of rotatable bonds is 4. The van der Waals surface area contributed by atoms with Crippen molar-refractivity contribution in [2.75, 3.05) is 13.1 Å². The number of nitro groups is 1. The lowest BCUT2D eigenvalue weighted by atomic mass is 10.1. The van der Waals surface area contributed by atoms with Crippen LogP contribution in [0.1, 0.15) is 44.6 Å². The van der Waals surface area contributed by atoms with E-state index < -0.39 is 0 Å². The summed E-state index contributed by atoms with van der Waals surface area (Å²) in [6, 6.07) is 4.89. The summed E-state index contributed by atoms with van der Waals surface area (Å²) in [5.41, 5.74) is 1.83. The van der Waals surface area contributed by atoms with Crippen molar-refractivity contribution in [1.29, 1.82) is 0 Å². The van der Waals surface area contributed by atoms with Crippen molar-refractivity contribution in [1.82, 2.24) is 4.90 Å². The average Bonchev–Trinajstić information content (AvgIpc) is 2.77. The van der Waals surface area contributed by atoms with Gasteiger partial charge in [-0.05, 0) is 37.8 Å². The Morgan fingerprint density at radius 2 is 2.04 bits per heavy atom. The van der Waals surface area contributed by atoms with Gasteiger partial charge < -0.3 is 4.90 Å². The van der Waals surface area contributed by atoms with Crippen molar-refractivity contribution < 1.29 is 4.92 Å². The van der Waals surface area contributed by atoms with E-state index in [1.165, 1.54) is 25.3 Å². The van der Waals surface area contributed by atoms with E-state index in [2.05, 4.69) is 25.0 Å². The second kappa shape index (κ2) is 9.77. The molecule has 0 bridgehead atoms. The zero-order chi connectivity index (χ0) is 17.2. The van der Waals surface area contributed by atoms with Crippen LogP contribution in [-0.2, 0) is 0 Å². The van der Waals surface area contributed by atoms with Gasteiger partial charge in [0.1, 0.15) is 5.84 Å². The van der Waals surface area contributed by atoms with Crippen molar-refractivity contribution in [2.24, 2.45) is 4.99 Å². The van der Waals surface area contributed by atoms with Crippen LogP contribution in [0.3, 0.4) is 0 Å². The van der Waals surface area contributed by atoms with Crippen molar-refractivity contribution >= 4 is 17.2 Å². The lowest BCUT2D eigenvalue weighted by Crippen LogP contribution is -2.31. The molecule has 0 unspecified atom stereocenters. The van der Waals surface area contributed by atoms with E-state index in [4.69, 9.17) is 4.99 Å². The largest absolute Gasteiger partial charge is 0.360 e. The van der Waals surface area contributed by atoms with Crippen LogP contribution in [0, 0.1) is 17.0 Å². The zero-order valence-corrected chi connectivity index (χ0v) is 14.3. The molecule has 1 fully saturated rings. The summed E-state index contributed by atoms with van der Waals surface area (Å²) in [5.74, 6) is 1.13. The lowest BCUT2D eigenvalue weighted by molar-refractivity contribution is -0.384. The number of amidine groups is 1. The van der Waals surface area contributed by atoms with Crippen LogP contribution >= 0.6 is 0 Å². The molecule has 0 amide bonds. The fraction of sp³-hybridized carbons (Fsp3) is 0.500. The number of nitrogens with zero attached hydrogens (tertiary/aromatic N) is 3. The highest BCUT2D eigenvalue weighted by molar-refractivity contribution is 5.85. The Kier molecular flexibility index (Phi) is 8.02. The molecule has 0 aliphatic carbocycles. The molecule has 23 heavy (non-hydrogen) atoms. The molecule has 1 aromatic rings. The number of aryl methyl sites for hydroxylation is 1. The van der Waals surface area contributed by atoms with Crippen LogP contribution in [0.4, 0.5) is 11.4 Å². The van der Waals surface area contributed by atoms with Gasteiger partial charge >= 0.3 is 0 Å². The molecular formula is C18H27N3O2. The molecule has 0 saturated carbocycles. The average molecular weight is 317 g/mol. The summed E-state index contributed by atoms with van der Waals surface area (Å²) in [5, 5.41) is 10.8. The first kappa shape index (κ1) is 18.9. The molecule has 126 valence electrons. The second-order valence-electron chi connectivity index (χ2n) is 5.55. The SMILES string of the molecule is C=C.CCCN1CCCCCC1=Nc1ccc([N+](=O)[O-])cc1C. The maximum Gasteiger partial charge on any atom is 0.269 e. The van der Waals surface area contributed by atoms with E-state index in [0.717, 1.165) is 43.0 Å². The van der Waals surface area contributed by atoms with Crippen LogP contribution in [0.15, 0.2) is 36.3 Å². The van der Waals surface area contributed by atoms with E-state index >= 15 is 0 Å². The first-order valence-corrected chi connectivity index (χ1v) is 8.19. The highest BCUT2D eigenvalue weighted by atomic mass is 16.6. The quantitative estimate of drug-likeness (QED) is 0.445. The number of likely N-dealkylation sites (tertiary alicyclic amines) is 1. The van der Waals surface area contributed by atoms with Crippen LogP contribution < -0.4 is 0 Å². The molecule has 2 rings (SSSR count). The Morgan fingerprint density at radius 1 is 1.30 bits per heavy atom. The van der Waals surface area contributed by atoms with Gasteiger partial charge in [-0.2, -0.15) is 0 Å². The van der Waals surface area contributed by atoms with Crippen LogP contribution in [0.25, 0.3) is 0 Å². The van der Waals surface area contributed by atoms with E-state index in [1.54, 1.807) is 12.1 Å². The van der Waals surface area contributed by atoms with Crippen LogP contribution in [0.2, 0.25) is 0 Å². The van der Waals surface area contributed by atoms with E-state index in [1.807, 2.05) is 6.92 Å². The molecule has 0 N–H and O–H groups in total. The van der Waals surface area contributed by atoms with Crippen molar-refractivity contribution in [3.63, 3.8) is 0 Å². The first-order chi connectivity index (χ1) is 11.1. The standard InChI is InChI=1S/C16H23N3O2.C2H4/c1-3-10-18-11-6-4-5-7-16(18)17-15-9-8-14(19(20)21)12-13(15)2;1-2/h8-9,12H,3-7,10-11H2,1-2H3;1-2H2. The number of benzene rings is 1. The second-order valence-corrected chi connectivity index (χ2v) is 5.55. The van der Waals surface area contributed by atoms with E-state index in [0.29, 0.717) is 0 Å². The first-order valence-electron chi connectivity index (χ1n) is 8.19. The van der Waals surface area contributed by atoms with Crippen LogP contribution in [0.5, 0.6) is 0 Å². The highest BCUT2D eigenvalue weighted by Crippen LogP contribution is 2.25. The van der Waals surface area contributed by atoms with Crippen LogP contribution in [-0.4, -0.2) is 28.7 Å². The molecule has 0 aromatic heterocycles. The summed E-state index contributed by atoms with van der Waals surface area (Å²) in [7, 11) is 0. The Labute approximate surface area is 138 Å². The predicted molar refractivity (Wildman–Crippen MR) is 96.5 cm³/mol. The number of nitro benzene ring substituents is 1. The summed E-state index contributed by atoms with van der Waals surface area (Å²) >= 11 is 0. The summed E-state index contributed by atoms with van der Waals surface area (Å²) in [6.07, 6.45) is 5.75. The van der Waals surface area contributed by atoms with Gasteiger partial charge in [0.05, 0.1) is 10.6 Å². The Hall–Kier alpha value is -2.17. The van der Waals surface area contributed by atoms with Crippen molar-refractivity contribution in [2.45, 2.75) is 46.0 Å². The highest BCUT2D eigenvalue weighted by Gasteiger charge is 2.15. The van der Waals surface area contributed by atoms with Gasteiger partial charge in [0.15, 0.2) is 0 Å². The molecule has 5 heteroatoms. The fourth-order valence-electron chi connectivity index (χ4n) is 2.70. The number of non-ortho nitro benzene ring substituents is 1. The number of aliphatic imine (C=N–C) groups is 1. The normalized spacial score (nSPS) is 16.4. The van der Waals surface area contributed by atoms with Gasteiger partial charge in [-0.3, -0.25) is 10.1 Å². The van der Waals surface area contributed by atoms with Crippen molar-refractivity contribution in [3.05, 3.63) is 47.0 Å². The fourth-order valence-corrected chi connectivity index (χ4v) is 2.70. The zero-order valence-electron chi connectivity index (χ0n) is 14.3. The maximum absolute atomic E-state index is 10.8. The Morgan fingerprint density at radius 3 is 2.65 bits per heavy atom. The summed E-state index contributed by atoms with van der Waals surface area (Å²) in [4.78, 5) is 17.6. The Bertz CT molecular complexity index is 555. The third kappa shape index (κ3) is 5.51. The Balaban J connectivity index is 0.00000127. The van der Waals surface area contributed by atoms with Crippen molar-refractivity contribution in [3.8, 4) is 0 Å². The maximum atomic E-state index is 10.8. The van der Waals surface area contributed by atoms with Gasteiger partial charge in [0.25, 0.3) is 5.69 Å². The minimum atomic E-state index is -0.362. The third-order valence-electron chi connectivity index (χ3n) is 3.83. The van der Waals surface area contributed by atoms with Gasteiger partial charge in [-0.1, -0.05) is 13.3 Å². The molecule has 1 saturated heterocycles. The molecule has 5 nitrogen and oxygen atoms in total.